The molecule has 0 aliphatic carbocycles. The third-order valence-corrected chi connectivity index (χ3v) is 6.69. The van der Waals surface area contributed by atoms with Gasteiger partial charge in [0.15, 0.2) is 5.11 Å². The normalized spacial score (nSPS) is 17.9. The van der Waals surface area contributed by atoms with Gasteiger partial charge in [0, 0.05) is 29.5 Å². The molecule has 1 aliphatic heterocycles. The van der Waals surface area contributed by atoms with Crippen LogP contribution in [0.1, 0.15) is 46.0 Å². The van der Waals surface area contributed by atoms with E-state index in [2.05, 4.69) is 81.9 Å². The number of aromatic nitrogens is 3. The molecule has 0 spiro atoms. The van der Waals surface area contributed by atoms with Crippen molar-refractivity contribution in [3.05, 3.63) is 113 Å². The Bertz CT molecular complexity index is 1270. The molecule has 3 aromatic heterocycles. The van der Waals surface area contributed by atoms with Gasteiger partial charge in [-0.3, -0.25) is 9.97 Å². The summed E-state index contributed by atoms with van der Waals surface area (Å²) in [4.78, 5) is 11.5. The fourth-order valence-electron chi connectivity index (χ4n) is 4.76. The molecule has 166 valence electrons. The Morgan fingerprint density at radius 1 is 0.909 bits per heavy atom. The zero-order valence-corrected chi connectivity index (χ0v) is 19.9. The van der Waals surface area contributed by atoms with Crippen LogP contribution in [-0.4, -0.2) is 24.5 Å². The second kappa shape index (κ2) is 8.79. The summed E-state index contributed by atoms with van der Waals surface area (Å²) in [6, 6.07) is 23.0. The molecule has 1 N–H and O–H groups in total. The van der Waals surface area contributed by atoms with Crippen molar-refractivity contribution in [3.63, 3.8) is 0 Å². The summed E-state index contributed by atoms with van der Waals surface area (Å²) >= 11 is 5.84. The molecule has 1 aliphatic rings. The van der Waals surface area contributed by atoms with Gasteiger partial charge >= 0.3 is 0 Å². The average molecular weight is 454 g/mol. The number of nitrogens with zero attached hydrogens (tertiary/aromatic N) is 4. The molecule has 33 heavy (non-hydrogen) atoms. The molecular weight excluding hydrogens is 426 g/mol. The SMILES string of the molecule is Cc1ccc(-n2c(C)cc(C3C(c4ccccn4)NC(=S)N3Cc3ccccn3)c2C)cc1. The van der Waals surface area contributed by atoms with Crippen molar-refractivity contribution in [2.24, 2.45) is 0 Å². The summed E-state index contributed by atoms with van der Waals surface area (Å²) < 4.78 is 2.32. The third-order valence-electron chi connectivity index (χ3n) is 6.34. The van der Waals surface area contributed by atoms with E-state index in [0.29, 0.717) is 6.54 Å². The van der Waals surface area contributed by atoms with Crippen LogP contribution in [0.2, 0.25) is 0 Å². The van der Waals surface area contributed by atoms with E-state index in [-0.39, 0.29) is 12.1 Å². The molecule has 0 saturated carbocycles. The van der Waals surface area contributed by atoms with Crippen LogP contribution >= 0.6 is 12.2 Å². The lowest BCUT2D eigenvalue weighted by molar-refractivity contribution is 0.307. The lowest BCUT2D eigenvalue weighted by Crippen LogP contribution is -2.29. The molecule has 0 radical (unpaired) electrons. The first kappa shape index (κ1) is 21.3. The average Bonchev–Trinajstić information content (AvgIpc) is 3.31. The van der Waals surface area contributed by atoms with Crippen LogP contribution in [0.5, 0.6) is 0 Å². The van der Waals surface area contributed by atoms with Gasteiger partial charge in [-0.1, -0.05) is 29.8 Å². The predicted molar refractivity (Wildman–Crippen MR) is 135 cm³/mol. The minimum absolute atomic E-state index is 0.000181. The molecule has 2 unspecified atom stereocenters. The van der Waals surface area contributed by atoms with E-state index in [4.69, 9.17) is 12.2 Å². The molecule has 5 nitrogen and oxygen atoms in total. The lowest BCUT2D eigenvalue weighted by Gasteiger charge is -2.28. The van der Waals surface area contributed by atoms with E-state index in [0.717, 1.165) is 16.5 Å². The summed E-state index contributed by atoms with van der Waals surface area (Å²) in [5.41, 5.74) is 8.03. The quantitative estimate of drug-likeness (QED) is 0.412. The minimum atomic E-state index is -0.0469. The molecule has 1 fully saturated rings. The smallest absolute Gasteiger partial charge is 0.170 e. The Morgan fingerprint density at radius 2 is 1.64 bits per heavy atom. The second-order valence-corrected chi connectivity index (χ2v) is 8.96. The number of benzene rings is 1. The van der Waals surface area contributed by atoms with E-state index >= 15 is 0 Å². The molecule has 4 aromatic rings. The molecule has 1 aromatic carbocycles. The first-order valence-electron chi connectivity index (χ1n) is 11.2. The molecule has 6 heteroatoms. The Balaban J connectivity index is 1.61. The van der Waals surface area contributed by atoms with E-state index in [1.807, 2.05) is 42.7 Å². The van der Waals surface area contributed by atoms with Crippen molar-refractivity contribution >= 4 is 17.3 Å². The predicted octanol–water partition coefficient (Wildman–Crippen LogP) is 5.37. The van der Waals surface area contributed by atoms with Gasteiger partial charge < -0.3 is 14.8 Å². The molecule has 4 heterocycles. The van der Waals surface area contributed by atoms with Gasteiger partial charge in [0.2, 0.25) is 0 Å². The van der Waals surface area contributed by atoms with Gasteiger partial charge in [-0.05, 0) is 81.0 Å². The zero-order chi connectivity index (χ0) is 22.9. The van der Waals surface area contributed by atoms with Crippen LogP contribution in [0, 0.1) is 20.8 Å². The van der Waals surface area contributed by atoms with Crippen LogP contribution in [0.3, 0.4) is 0 Å². The van der Waals surface area contributed by atoms with E-state index in [1.54, 1.807) is 0 Å². The van der Waals surface area contributed by atoms with Crippen molar-refractivity contribution in [1.29, 1.82) is 0 Å². The minimum Gasteiger partial charge on any atom is -0.352 e. The Labute approximate surface area is 200 Å². The van der Waals surface area contributed by atoms with Crippen molar-refractivity contribution in [2.75, 3.05) is 0 Å². The van der Waals surface area contributed by atoms with Crippen molar-refractivity contribution < 1.29 is 0 Å². The number of aryl methyl sites for hydroxylation is 2. The maximum atomic E-state index is 5.84. The van der Waals surface area contributed by atoms with Crippen molar-refractivity contribution in [1.82, 2.24) is 24.8 Å². The summed E-state index contributed by atoms with van der Waals surface area (Å²) in [7, 11) is 0. The number of hydrogen-bond acceptors (Lipinski definition) is 3. The summed E-state index contributed by atoms with van der Waals surface area (Å²) in [5, 5.41) is 4.27. The monoisotopic (exact) mass is 453 g/mol. The maximum Gasteiger partial charge on any atom is 0.170 e. The lowest BCUT2D eigenvalue weighted by atomic mass is 9.96. The first-order valence-corrected chi connectivity index (χ1v) is 11.6. The fraction of sp³-hybridized carbons (Fsp3) is 0.222. The van der Waals surface area contributed by atoms with Crippen LogP contribution < -0.4 is 5.32 Å². The first-order chi connectivity index (χ1) is 16.0. The second-order valence-electron chi connectivity index (χ2n) is 8.57. The maximum absolute atomic E-state index is 5.84. The Morgan fingerprint density at radius 3 is 2.30 bits per heavy atom. The van der Waals surface area contributed by atoms with Gasteiger partial charge in [0.1, 0.15) is 0 Å². The van der Waals surface area contributed by atoms with Gasteiger partial charge in [0.05, 0.1) is 30.0 Å². The van der Waals surface area contributed by atoms with Crippen LogP contribution in [0.4, 0.5) is 0 Å². The highest BCUT2D eigenvalue weighted by molar-refractivity contribution is 7.80. The number of thiocarbonyl (C=S) groups is 1. The molecule has 1 saturated heterocycles. The third kappa shape index (κ3) is 4.02. The number of pyridine rings is 2. The van der Waals surface area contributed by atoms with Gasteiger partial charge in [-0.15, -0.1) is 0 Å². The highest BCUT2D eigenvalue weighted by Gasteiger charge is 2.41. The van der Waals surface area contributed by atoms with Crippen LogP contribution in [0.25, 0.3) is 5.69 Å². The topological polar surface area (TPSA) is 46.0 Å². The number of hydrogen-bond donors (Lipinski definition) is 1. The largest absolute Gasteiger partial charge is 0.352 e. The molecule has 0 bridgehead atoms. The highest BCUT2D eigenvalue weighted by Crippen LogP contribution is 2.42. The summed E-state index contributed by atoms with van der Waals surface area (Å²) in [6.07, 6.45) is 3.67. The summed E-state index contributed by atoms with van der Waals surface area (Å²) in [5.74, 6) is 0. The molecular formula is C27H27N5S. The van der Waals surface area contributed by atoms with Gasteiger partial charge in [0.25, 0.3) is 0 Å². The van der Waals surface area contributed by atoms with Crippen LogP contribution in [-0.2, 0) is 6.54 Å². The number of nitrogens with one attached hydrogen (secondary N) is 1. The standard InChI is InChI=1S/C27H27N5S/c1-18-10-12-22(13-11-18)32-19(2)16-23(20(32)3)26-25(24-9-5-7-15-29-24)30-27(33)31(26)17-21-8-4-6-14-28-21/h4-16,25-26H,17H2,1-3H3,(H,30,33). The Hall–Kier alpha value is -3.51. The fourth-order valence-corrected chi connectivity index (χ4v) is 5.06. The zero-order valence-electron chi connectivity index (χ0n) is 19.1. The van der Waals surface area contributed by atoms with E-state index in [9.17, 15) is 0 Å². The summed E-state index contributed by atoms with van der Waals surface area (Å²) in [6.45, 7) is 7.10. The molecule has 5 rings (SSSR count). The van der Waals surface area contributed by atoms with Gasteiger partial charge in [-0.2, -0.15) is 0 Å². The van der Waals surface area contributed by atoms with Crippen molar-refractivity contribution in [3.8, 4) is 5.69 Å². The number of rotatable bonds is 5. The highest BCUT2D eigenvalue weighted by atomic mass is 32.1. The molecule has 0 amide bonds. The Kier molecular flexibility index (Phi) is 5.68. The van der Waals surface area contributed by atoms with Crippen LogP contribution in [0.15, 0.2) is 79.1 Å². The van der Waals surface area contributed by atoms with E-state index in [1.165, 1.54) is 28.2 Å². The van der Waals surface area contributed by atoms with Gasteiger partial charge in [-0.25, -0.2) is 0 Å². The van der Waals surface area contributed by atoms with E-state index < -0.39 is 0 Å². The van der Waals surface area contributed by atoms with Crippen molar-refractivity contribution in [2.45, 2.75) is 39.4 Å². The molecule has 2 atom stereocenters.